The molecule has 0 saturated carbocycles. The predicted octanol–water partition coefficient (Wildman–Crippen LogP) is 14.6. The zero-order chi connectivity index (χ0) is 34.9. The number of hydrogen-bond acceptors (Lipinski definition) is 0. The van der Waals surface area contributed by atoms with Gasteiger partial charge in [-0.3, -0.25) is 0 Å². The van der Waals surface area contributed by atoms with Crippen LogP contribution in [0.3, 0.4) is 0 Å². The van der Waals surface area contributed by atoms with E-state index >= 15 is 0 Å². The normalized spacial score (nSPS) is 11.8. The molecule has 11 aromatic rings. The Bertz CT molecular complexity index is 3170. The summed E-state index contributed by atoms with van der Waals surface area (Å²) in [7, 11) is 0. The van der Waals surface area contributed by atoms with Crippen LogP contribution < -0.4 is 0 Å². The molecule has 1 nitrogen and oxygen atoms in total. The van der Waals surface area contributed by atoms with Crippen LogP contribution in [0.5, 0.6) is 0 Å². The fourth-order valence-electron chi connectivity index (χ4n) is 8.75. The van der Waals surface area contributed by atoms with Crippen molar-refractivity contribution in [1.29, 1.82) is 0 Å². The molecular formula is C52H33N. The lowest BCUT2D eigenvalue weighted by Gasteiger charge is -2.19. The molecule has 0 spiro atoms. The molecule has 10 aromatic carbocycles. The maximum Gasteiger partial charge on any atom is 0.0544 e. The second kappa shape index (κ2) is 11.8. The van der Waals surface area contributed by atoms with Crippen LogP contribution in [-0.4, -0.2) is 4.98 Å². The van der Waals surface area contributed by atoms with E-state index in [9.17, 15) is 0 Å². The van der Waals surface area contributed by atoms with Crippen molar-refractivity contribution < 1.29 is 0 Å². The minimum Gasteiger partial charge on any atom is -0.354 e. The number of nitrogens with one attached hydrogen (secondary N) is 1. The summed E-state index contributed by atoms with van der Waals surface area (Å²) in [6.07, 6.45) is 0. The second-order valence-electron chi connectivity index (χ2n) is 14.1. The minimum absolute atomic E-state index is 1.16. The first-order chi connectivity index (χ1) is 26.3. The average Bonchev–Trinajstić information content (AvgIpc) is 3.61. The van der Waals surface area contributed by atoms with Crippen molar-refractivity contribution in [1.82, 2.24) is 4.98 Å². The van der Waals surface area contributed by atoms with Gasteiger partial charge in [0.2, 0.25) is 0 Å². The molecule has 0 unspecified atom stereocenters. The van der Waals surface area contributed by atoms with Crippen LogP contribution in [0.25, 0.3) is 109 Å². The van der Waals surface area contributed by atoms with Gasteiger partial charge in [0.15, 0.2) is 0 Å². The first-order valence-electron chi connectivity index (χ1n) is 18.3. The van der Waals surface area contributed by atoms with Crippen LogP contribution in [0.1, 0.15) is 0 Å². The summed E-state index contributed by atoms with van der Waals surface area (Å²) < 4.78 is 0. The molecule has 0 bridgehead atoms. The molecule has 246 valence electrons. The average molecular weight is 672 g/mol. The molecule has 0 aliphatic heterocycles. The van der Waals surface area contributed by atoms with Crippen molar-refractivity contribution >= 4 is 64.9 Å². The third-order valence-corrected chi connectivity index (χ3v) is 11.2. The van der Waals surface area contributed by atoms with Crippen LogP contribution >= 0.6 is 0 Å². The molecule has 0 fully saturated rings. The molecule has 0 aliphatic carbocycles. The Labute approximate surface area is 307 Å². The third kappa shape index (κ3) is 4.71. The molecule has 53 heavy (non-hydrogen) atoms. The summed E-state index contributed by atoms with van der Waals surface area (Å²) in [6.45, 7) is 0. The van der Waals surface area contributed by atoms with Crippen LogP contribution in [0.4, 0.5) is 0 Å². The van der Waals surface area contributed by atoms with Gasteiger partial charge in [-0.15, -0.1) is 0 Å². The van der Waals surface area contributed by atoms with Gasteiger partial charge in [0.05, 0.1) is 5.52 Å². The van der Waals surface area contributed by atoms with Crippen LogP contribution in [-0.2, 0) is 0 Å². The van der Waals surface area contributed by atoms with Crippen LogP contribution in [0, 0.1) is 0 Å². The lowest BCUT2D eigenvalue weighted by molar-refractivity contribution is 1.56. The van der Waals surface area contributed by atoms with Gasteiger partial charge in [-0.05, 0) is 106 Å². The lowest BCUT2D eigenvalue weighted by Crippen LogP contribution is -1.91. The van der Waals surface area contributed by atoms with Gasteiger partial charge in [-0.25, -0.2) is 0 Å². The Hall–Kier alpha value is -6.96. The largest absolute Gasteiger partial charge is 0.354 e. The van der Waals surface area contributed by atoms with E-state index in [0.717, 1.165) is 5.52 Å². The number of aromatic nitrogens is 1. The Kier molecular flexibility index (Phi) is 6.62. The molecule has 0 aliphatic rings. The standard InChI is InChI=1S/C52H33N/c1-3-19-40-33(12-1)14-11-25-41(40)37-16-10-18-39(31-37)51-45-23-7-5-21-43(45)50(44-22-6-8-24-46(44)51)38-17-9-15-35(30-38)36-27-29-49-48(32-36)47-28-26-34-13-2-4-20-42(34)52(47)53-49/h1-32,53H. The van der Waals surface area contributed by atoms with E-state index in [2.05, 4.69) is 199 Å². The molecule has 1 heteroatoms. The molecule has 1 heterocycles. The van der Waals surface area contributed by atoms with E-state index in [1.807, 2.05) is 0 Å². The maximum atomic E-state index is 3.72. The van der Waals surface area contributed by atoms with Crippen molar-refractivity contribution in [2.45, 2.75) is 0 Å². The van der Waals surface area contributed by atoms with Crippen molar-refractivity contribution in [3.05, 3.63) is 194 Å². The van der Waals surface area contributed by atoms with Crippen molar-refractivity contribution in [3.63, 3.8) is 0 Å². The van der Waals surface area contributed by atoms with Gasteiger partial charge < -0.3 is 4.98 Å². The molecule has 0 amide bonds. The highest BCUT2D eigenvalue weighted by Crippen LogP contribution is 2.45. The van der Waals surface area contributed by atoms with Gasteiger partial charge in [0.25, 0.3) is 0 Å². The second-order valence-corrected chi connectivity index (χ2v) is 14.1. The van der Waals surface area contributed by atoms with E-state index in [0.29, 0.717) is 0 Å². The summed E-state index contributed by atoms with van der Waals surface area (Å²) in [6, 6.07) is 71.3. The van der Waals surface area contributed by atoms with Crippen LogP contribution in [0.2, 0.25) is 0 Å². The van der Waals surface area contributed by atoms with Crippen LogP contribution in [0.15, 0.2) is 194 Å². The predicted molar refractivity (Wildman–Crippen MR) is 228 cm³/mol. The van der Waals surface area contributed by atoms with Crippen molar-refractivity contribution in [2.24, 2.45) is 0 Å². The minimum atomic E-state index is 1.16. The summed E-state index contributed by atoms with van der Waals surface area (Å²) >= 11 is 0. The summed E-state index contributed by atoms with van der Waals surface area (Å²) in [4.78, 5) is 3.72. The number of fused-ring (bicyclic) bond motifs is 8. The van der Waals surface area contributed by atoms with Gasteiger partial charge in [-0.2, -0.15) is 0 Å². The van der Waals surface area contributed by atoms with E-state index in [1.54, 1.807) is 0 Å². The van der Waals surface area contributed by atoms with Gasteiger partial charge >= 0.3 is 0 Å². The van der Waals surface area contributed by atoms with Crippen molar-refractivity contribution in [2.75, 3.05) is 0 Å². The Morgan fingerprint density at radius 2 is 0.755 bits per heavy atom. The fraction of sp³-hybridized carbons (Fsp3) is 0. The smallest absolute Gasteiger partial charge is 0.0544 e. The monoisotopic (exact) mass is 671 g/mol. The first kappa shape index (κ1) is 29.7. The molecule has 1 aromatic heterocycles. The fourth-order valence-corrected chi connectivity index (χ4v) is 8.75. The summed E-state index contributed by atoms with van der Waals surface area (Å²) in [5.74, 6) is 0. The van der Waals surface area contributed by atoms with Gasteiger partial charge in [-0.1, -0.05) is 170 Å². The quantitative estimate of drug-likeness (QED) is 0.179. The van der Waals surface area contributed by atoms with E-state index in [4.69, 9.17) is 0 Å². The number of rotatable bonds is 4. The molecule has 0 saturated heterocycles. The van der Waals surface area contributed by atoms with Gasteiger partial charge in [0.1, 0.15) is 0 Å². The number of hydrogen-bond donors (Lipinski definition) is 1. The SMILES string of the molecule is c1cc(-c2ccc3[nH]c4c5ccccc5ccc4c3c2)cc(-c2c3ccccc3c(-c3cccc(-c4cccc5ccccc45)c3)c3ccccc23)c1. The zero-order valence-electron chi connectivity index (χ0n) is 29.0. The Morgan fingerprint density at radius 3 is 1.43 bits per heavy atom. The van der Waals surface area contributed by atoms with Gasteiger partial charge in [0, 0.05) is 21.7 Å². The first-order valence-corrected chi connectivity index (χ1v) is 18.3. The van der Waals surface area contributed by atoms with E-state index in [-0.39, 0.29) is 0 Å². The molecule has 11 rings (SSSR count). The Morgan fingerprint density at radius 1 is 0.264 bits per heavy atom. The highest BCUT2D eigenvalue weighted by atomic mass is 14.7. The topological polar surface area (TPSA) is 15.8 Å². The number of H-pyrrole nitrogens is 1. The zero-order valence-corrected chi connectivity index (χ0v) is 29.0. The highest BCUT2D eigenvalue weighted by Gasteiger charge is 2.18. The lowest BCUT2D eigenvalue weighted by atomic mass is 9.84. The third-order valence-electron chi connectivity index (χ3n) is 11.2. The Balaban J connectivity index is 1.09. The maximum absolute atomic E-state index is 3.72. The molecule has 0 atom stereocenters. The highest BCUT2D eigenvalue weighted by molar-refractivity contribution is 6.22. The molecule has 1 N–H and O–H groups in total. The van der Waals surface area contributed by atoms with Crippen molar-refractivity contribution in [3.8, 4) is 44.5 Å². The summed E-state index contributed by atoms with van der Waals surface area (Å²) in [5.41, 5.74) is 12.2. The molecular weight excluding hydrogens is 639 g/mol. The van der Waals surface area contributed by atoms with E-state index in [1.165, 1.54) is 104 Å². The summed E-state index contributed by atoms with van der Waals surface area (Å²) in [5, 5.41) is 12.6. The molecule has 0 radical (unpaired) electrons. The number of benzene rings is 10. The number of aromatic amines is 1. The van der Waals surface area contributed by atoms with E-state index < -0.39 is 0 Å².